The predicted molar refractivity (Wildman–Crippen MR) is 89.8 cm³/mol. The molecule has 0 N–H and O–H groups in total. The zero-order chi connectivity index (χ0) is 15.9. The van der Waals surface area contributed by atoms with Gasteiger partial charge in [-0.05, 0) is 55.9 Å². The highest BCUT2D eigenvalue weighted by molar-refractivity contribution is 6.11. The molecular weight excluding hydrogens is 284 g/mol. The monoisotopic (exact) mass is 302 g/mol. The van der Waals surface area contributed by atoms with Crippen molar-refractivity contribution in [3.63, 3.8) is 0 Å². The van der Waals surface area contributed by atoms with Crippen molar-refractivity contribution in [3.8, 4) is 11.9 Å². The van der Waals surface area contributed by atoms with Crippen LogP contribution in [0.5, 0.6) is 5.75 Å². The molecule has 1 aliphatic heterocycles. The average molecular weight is 302 g/mol. The van der Waals surface area contributed by atoms with Gasteiger partial charge < -0.3 is 4.74 Å². The number of fused-ring (bicyclic) bond motifs is 2. The molecule has 2 aromatic carbocycles. The van der Waals surface area contributed by atoms with Crippen molar-refractivity contribution in [2.24, 2.45) is 4.99 Å². The number of benzene rings is 2. The third-order valence-electron chi connectivity index (χ3n) is 5.00. The van der Waals surface area contributed by atoms with E-state index in [0.717, 1.165) is 48.3 Å². The summed E-state index contributed by atoms with van der Waals surface area (Å²) in [4.78, 5) is 4.18. The molecular formula is C20H18N2O. The van der Waals surface area contributed by atoms with Crippen molar-refractivity contribution >= 4 is 5.71 Å². The first-order valence-electron chi connectivity index (χ1n) is 8.06. The van der Waals surface area contributed by atoms with Crippen molar-refractivity contribution in [1.82, 2.24) is 0 Å². The Labute approximate surface area is 136 Å². The van der Waals surface area contributed by atoms with Crippen molar-refractivity contribution in [3.05, 3.63) is 64.7 Å². The summed E-state index contributed by atoms with van der Waals surface area (Å²) in [6.45, 7) is 2.05. The van der Waals surface area contributed by atoms with Gasteiger partial charge in [-0.15, -0.1) is 0 Å². The quantitative estimate of drug-likeness (QED) is 0.691. The van der Waals surface area contributed by atoms with E-state index in [4.69, 9.17) is 4.74 Å². The third kappa shape index (κ3) is 2.22. The summed E-state index contributed by atoms with van der Waals surface area (Å²) in [5.41, 5.74) is 5.26. The van der Waals surface area contributed by atoms with Gasteiger partial charge in [0.15, 0.2) is 5.60 Å². The van der Waals surface area contributed by atoms with Crippen LogP contribution in [0.25, 0.3) is 0 Å². The van der Waals surface area contributed by atoms with E-state index in [1.54, 1.807) is 0 Å². The lowest BCUT2D eigenvalue weighted by Crippen LogP contribution is -2.40. The van der Waals surface area contributed by atoms with Gasteiger partial charge >= 0.3 is 0 Å². The fourth-order valence-electron chi connectivity index (χ4n) is 3.82. The third-order valence-corrected chi connectivity index (χ3v) is 5.00. The smallest absolute Gasteiger partial charge is 0.206 e. The number of hydrogen-bond donors (Lipinski definition) is 0. The van der Waals surface area contributed by atoms with Gasteiger partial charge in [0.25, 0.3) is 0 Å². The van der Waals surface area contributed by atoms with Crippen molar-refractivity contribution < 1.29 is 4.74 Å². The fourth-order valence-corrected chi connectivity index (χ4v) is 3.82. The second-order valence-electron chi connectivity index (χ2n) is 6.43. The van der Waals surface area contributed by atoms with Gasteiger partial charge in [-0.3, -0.25) is 0 Å². The largest absolute Gasteiger partial charge is 0.480 e. The van der Waals surface area contributed by atoms with Crippen molar-refractivity contribution in [1.29, 1.82) is 5.26 Å². The van der Waals surface area contributed by atoms with E-state index in [0.29, 0.717) is 0 Å². The van der Waals surface area contributed by atoms with E-state index in [-0.39, 0.29) is 0 Å². The molecule has 0 radical (unpaired) electrons. The van der Waals surface area contributed by atoms with Gasteiger partial charge in [-0.1, -0.05) is 35.9 Å². The molecule has 114 valence electrons. The first-order chi connectivity index (χ1) is 11.2. The minimum atomic E-state index is -0.467. The fraction of sp³-hybridized carbons (Fsp3) is 0.300. The van der Waals surface area contributed by atoms with E-state index in [2.05, 4.69) is 42.2 Å². The Hall–Kier alpha value is -2.60. The van der Waals surface area contributed by atoms with E-state index < -0.39 is 5.60 Å². The standard InChI is InChI=1S/C20H18N2O/c1-14-6-7-18-17(12-14)19(22-13-21)20(23-18)10-8-15-4-2-3-5-16(15)9-11-20/h2-7,12H,8-11H2,1H3. The maximum atomic E-state index is 9.19. The van der Waals surface area contributed by atoms with Crippen LogP contribution in [-0.2, 0) is 12.8 Å². The lowest BCUT2D eigenvalue weighted by molar-refractivity contribution is 0.138. The molecule has 0 bridgehead atoms. The first kappa shape index (κ1) is 14.0. The lowest BCUT2D eigenvalue weighted by Gasteiger charge is -2.27. The predicted octanol–water partition coefficient (Wildman–Crippen LogP) is 3.98. The molecule has 4 rings (SSSR count). The van der Waals surface area contributed by atoms with Crippen LogP contribution in [0.1, 0.15) is 35.1 Å². The van der Waals surface area contributed by atoms with Crippen LogP contribution >= 0.6 is 0 Å². The van der Waals surface area contributed by atoms with E-state index in [9.17, 15) is 5.26 Å². The Morgan fingerprint density at radius 1 is 1.09 bits per heavy atom. The number of hydrogen-bond acceptors (Lipinski definition) is 3. The molecule has 1 aliphatic carbocycles. The molecule has 23 heavy (non-hydrogen) atoms. The summed E-state index contributed by atoms with van der Waals surface area (Å²) >= 11 is 0. The Morgan fingerprint density at radius 2 is 1.78 bits per heavy atom. The second kappa shape index (κ2) is 5.24. The number of aliphatic imine (C=N–C) groups is 1. The van der Waals surface area contributed by atoms with Crippen LogP contribution in [0.2, 0.25) is 0 Å². The van der Waals surface area contributed by atoms with Gasteiger partial charge in [-0.25, -0.2) is 0 Å². The Morgan fingerprint density at radius 3 is 2.43 bits per heavy atom. The van der Waals surface area contributed by atoms with Gasteiger partial charge in [0, 0.05) is 5.56 Å². The molecule has 3 heteroatoms. The summed E-state index contributed by atoms with van der Waals surface area (Å²) in [5.74, 6) is 0.857. The molecule has 0 fully saturated rings. The zero-order valence-electron chi connectivity index (χ0n) is 13.2. The summed E-state index contributed by atoms with van der Waals surface area (Å²) in [6, 6.07) is 14.7. The number of nitriles is 1. The molecule has 0 saturated heterocycles. The number of nitrogens with zero attached hydrogens (tertiary/aromatic N) is 2. The van der Waals surface area contributed by atoms with Gasteiger partial charge in [0.2, 0.25) is 6.19 Å². The minimum absolute atomic E-state index is 0.467. The highest BCUT2D eigenvalue weighted by atomic mass is 16.5. The minimum Gasteiger partial charge on any atom is -0.480 e. The van der Waals surface area contributed by atoms with Gasteiger partial charge in [0.1, 0.15) is 11.5 Å². The summed E-state index contributed by atoms with van der Waals surface area (Å²) in [7, 11) is 0. The number of ether oxygens (including phenoxy) is 1. The van der Waals surface area contributed by atoms with Crippen molar-refractivity contribution in [2.75, 3.05) is 0 Å². The Balaban J connectivity index is 1.78. The maximum absolute atomic E-state index is 9.19. The Kier molecular flexibility index (Phi) is 3.20. The topological polar surface area (TPSA) is 45.4 Å². The summed E-state index contributed by atoms with van der Waals surface area (Å²) in [5, 5.41) is 9.19. The second-order valence-corrected chi connectivity index (χ2v) is 6.43. The van der Waals surface area contributed by atoms with Crippen LogP contribution in [-0.4, -0.2) is 11.3 Å². The normalized spacial score (nSPS) is 19.6. The highest BCUT2D eigenvalue weighted by Gasteiger charge is 2.46. The molecule has 0 atom stereocenters. The number of rotatable bonds is 0. The zero-order valence-corrected chi connectivity index (χ0v) is 13.2. The van der Waals surface area contributed by atoms with Crippen LogP contribution in [0.15, 0.2) is 47.5 Å². The van der Waals surface area contributed by atoms with E-state index in [1.807, 2.05) is 18.3 Å². The molecule has 0 amide bonds. The van der Waals surface area contributed by atoms with E-state index in [1.165, 1.54) is 11.1 Å². The number of aryl methyl sites for hydroxylation is 3. The Bertz CT molecular complexity index is 818. The molecule has 3 nitrogen and oxygen atoms in total. The van der Waals surface area contributed by atoms with Crippen molar-refractivity contribution in [2.45, 2.75) is 38.2 Å². The molecule has 0 saturated carbocycles. The highest BCUT2D eigenvalue weighted by Crippen LogP contribution is 2.43. The molecule has 0 aromatic heterocycles. The van der Waals surface area contributed by atoms with Crippen LogP contribution < -0.4 is 4.74 Å². The van der Waals surface area contributed by atoms with Gasteiger partial charge in [-0.2, -0.15) is 10.3 Å². The van der Waals surface area contributed by atoms with Crippen LogP contribution in [0.3, 0.4) is 0 Å². The first-order valence-corrected chi connectivity index (χ1v) is 8.06. The average Bonchev–Trinajstić information content (AvgIpc) is 2.73. The van der Waals surface area contributed by atoms with Crippen LogP contribution in [0.4, 0.5) is 0 Å². The molecule has 2 aromatic rings. The maximum Gasteiger partial charge on any atom is 0.206 e. The summed E-state index contributed by atoms with van der Waals surface area (Å²) in [6.07, 6.45) is 5.61. The molecule has 0 unspecified atom stereocenters. The van der Waals surface area contributed by atoms with Gasteiger partial charge in [0.05, 0.1) is 0 Å². The lowest BCUT2D eigenvalue weighted by atomic mass is 9.86. The molecule has 1 heterocycles. The summed E-state index contributed by atoms with van der Waals surface area (Å²) < 4.78 is 6.38. The SMILES string of the molecule is Cc1ccc2c(c1)C(=NC#N)C1(CCc3ccccc3CC1)O2. The van der Waals surface area contributed by atoms with Crippen LogP contribution in [0, 0.1) is 18.4 Å². The molecule has 1 spiro atoms. The molecule has 2 aliphatic rings. The van der Waals surface area contributed by atoms with E-state index >= 15 is 0 Å².